The number of nitrogens with zero attached hydrogens (tertiary/aromatic N) is 1. The van der Waals surface area contributed by atoms with Gasteiger partial charge in [-0.3, -0.25) is 24.6 Å². The van der Waals surface area contributed by atoms with E-state index in [-0.39, 0.29) is 5.11 Å². The first-order chi connectivity index (χ1) is 15.8. The number of para-hydroxylation sites is 1. The minimum Gasteiger partial charge on any atom is -0.457 e. The molecule has 1 aliphatic heterocycles. The summed E-state index contributed by atoms with van der Waals surface area (Å²) in [6, 6.07) is 17.8. The van der Waals surface area contributed by atoms with Gasteiger partial charge < -0.3 is 4.74 Å². The number of nitrogens with one attached hydrogen (secondary N) is 1. The predicted molar refractivity (Wildman–Crippen MR) is 120 cm³/mol. The van der Waals surface area contributed by atoms with Crippen LogP contribution in [0.4, 0.5) is 14.5 Å². The highest BCUT2D eigenvalue weighted by Gasteiger charge is 2.35. The van der Waals surface area contributed by atoms with Gasteiger partial charge in [0.1, 0.15) is 28.7 Å². The molecule has 0 atom stereocenters. The summed E-state index contributed by atoms with van der Waals surface area (Å²) in [6.45, 7) is 0. The summed E-state index contributed by atoms with van der Waals surface area (Å²) >= 11 is 5.12. The van der Waals surface area contributed by atoms with E-state index in [1.807, 2.05) is 18.2 Å². The van der Waals surface area contributed by atoms with Crippen LogP contribution in [-0.2, 0) is 9.59 Å². The number of rotatable bonds is 5. The Kier molecular flexibility index (Phi) is 6.05. The smallest absolute Gasteiger partial charge is 0.270 e. The summed E-state index contributed by atoms with van der Waals surface area (Å²) in [4.78, 5) is 38.8. The molecule has 1 N–H and O–H groups in total. The average molecular weight is 464 g/mol. The van der Waals surface area contributed by atoms with Crippen molar-refractivity contribution >= 4 is 40.6 Å². The second-order valence-electron chi connectivity index (χ2n) is 6.86. The molecule has 3 aromatic rings. The van der Waals surface area contributed by atoms with Gasteiger partial charge in [0.2, 0.25) is 0 Å². The Labute approximate surface area is 192 Å². The maximum Gasteiger partial charge on any atom is 0.270 e. The highest BCUT2D eigenvalue weighted by molar-refractivity contribution is 7.80. The number of benzene rings is 3. The zero-order valence-electron chi connectivity index (χ0n) is 16.7. The lowest BCUT2D eigenvalue weighted by atomic mass is 10.0. The molecule has 164 valence electrons. The minimum absolute atomic E-state index is 0.181. The van der Waals surface area contributed by atoms with Crippen molar-refractivity contribution < 1.29 is 27.9 Å². The minimum atomic E-state index is -1.11. The van der Waals surface area contributed by atoms with E-state index in [0.717, 1.165) is 17.0 Å². The summed E-state index contributed by atoms with van der Waals surface area (Å²) in [7, 11) is 0. The number of halogens is 2. The summed E-state index contributed by atoms with van der Waals surface area (Å²) < 4.78 is 32.7. The van der Waals surface area contributed by atoms with Gasteiger partial charge in [0.25, 0.3) is 11.8 Å². The molecule has 1 heterocycles. The van der Waals surface area contributed by atoms with Crippen molar-refractivity contribution in [3.63, 3.8) is 0 Å². The van der Waals surface area contributed by atoms with Crippen molar-refractivity contribution in [2.45, 2.75) is 0 Å². The fraction of sp³-hybridized carbons (Fsp3) is 0. The average Bonchev–Trinajstić information content (AvgIpc) is 2.78. The zero-order valence-corrected chi connectivity index (χ0v) is 17.6. The van der Waals surface area contributed by atoms with Crippen molar-refractivity contribution in [2.24, 2.45) is 0 Å². The van der Waals surface area contributed by atoms with Crippen LogP contribution in [0.3, 0.4) is 0 Å². The van der Waals surface area contributed by atoms with Crippen molar-refractivity contribution in [1.82, 2.24) is 5.32 Å². The second kappa shape index (κ2) is 9.09. The number of amides is 2. The maximum absolute atomic E-state index is 13.9. The van der Waals surface area contributed by atoms with Gasteiger partial charge in [0.05, 0.1) is 11.3 Å². The molecule has 1 fully saturated rings. The molecule has 1 saturated heterocycles. The van der Waals surface area contributed by atoms with E-state index in [9.17, 15) is 23.2 Å². The third-order valence-corrected chi connectivity index (χ3v) is 4.93. The number of thiocarbonyl (C=S) groups is 1. The van der Waals surface area contributed by atoms with Crippen LogP contribution >= 0.6 is 12.2 Å². The van der Waals surface area contributed by atoms with Crippen LogP contribution in [0, 0.1) is 11.6 Å². The van der Waals surface area contributed by atoms with Gasteiger partial charge in [-0.15, -0.1) is 0 Å². The van der Waals surface area contributed by atoms with Crippen molar-refractivity contribution in [3.05, 3.63) is 102 Å². The Morgan fingerprint density at radius 2 is 1.61 bits per heavy atom. The van der Waals surface area contributed by atoms with Gasteiger partial charge in [-0.05, 0) is 60.7 Å². The second-order valence-corrected chi connectivity index (χ2v) is 7.24. The summed E-state index contributed by atoms with van der Waals surface area (Å²) in [5, 5.41) is 2.15. The lowest BCUT2D eigenvalue weighted by Crippen LogP contribution is -2.54. The third-order valence-electron chi connectivity index (χ3n) is 4.65. The van der Waals surface area contributed by atoms with Crippen LogP contribution in [0.15, 0.2) is 84.4 Å². The normalized spacial score (nSPS) is 14.9. The van der Waals surface area contributed by atoms with E-state index in [4.69, 9.17) is 17.0 Å². The van der Waals surface area contributed by atoms with Crippen LogP contribution in [0.5, 0.6) is 11.5 Å². The first kappa shape index (κ1) is 22.0. The first-order valence-corrected chi connectivity index (χ1v) is 9.98. The monoisotopic (exact) mass is 464 g/mol. The van der Waals surface area contributed by atoms with Crippen LogP contribution in [0.2, 0.25) is 0 Å². The fourth-order valence-electron chi connectivity index (χ4n) is 3.08. The zero-order chi connectivity index (χ0) is 23.5. The van der Waals surface area contributed by atoms with Gasteiger partial charge in [0.15, 0.2) is 10.9 Å². The maximum atomic E-state index is 13.9. The van der Waals surface area contributed by atoms with Gasteiger partial charge in [-0.1, -0.05) is 18.2 Å². The summed E-state index contributed by atoms with van der Waals surface area (Å²) in [5.41, 5.74) is -0.703. The fourth-order valence-corrected chi connectivity index (χ4v) is 3.36. The van der Waals surface area contributed by atoms with Crippen molar-refractivity contribution in [3.8, 4) is 11.5 Å². The molecule has 0 bridgehead atoms. The van der Waals surface area contributed by atoms with Crippen LogP contribution < -0.4 is 15.0 Å². The topological polar surface area (TPSA) is 75.7 Å². The number of ether oxygens (including phenoxy) is 1. The highest BCUT2D eigenvalue weighted by atomic mass is 32.1. The number of hydrogen-bond donors (Lipinski definition) is 1. The number of carbonyl (C=O) groups is 3. The Morgan fingerprint density at radius 1 is 0.939 bits per heavy atom. The molecular formula is C24H14F2N2O4S. The van der Waals surface area contributed by atoms with E-state index < -0.39 is 40.4 Å². The Hall–Kier alpha value is -4.24. The van der Waals surface area contributed by atoms with E-state index in [1.165, 1.54) is 0 Å². The van der Waals surface area contributed by atoms with Crippen LogP contribution in [0.1, 0.15) is 10.4 Å². The van der Waals surface area contributed by atoms with E-state index in [0.29, 0.717) is 29.3 Å². The van der Waals surface area contributed by atoms with E-state index in [2.05, 4.69) is 5.32 Å². The molecule has 3 aromatic carbocycles. The lowest BCUT2D eigenvalue weighted by Gasteiger charge is -2.28. The number of ketones is 1. The summed E-state index contributed by atoms with van der Waals surface area (Å²) in [6.07, 6.45) is 0.704. The van der Waals surface area contributed by atoms with Gasteiger partial charge in [-0.2, -0.15) is 0 Å². The van der Waals surface area contributed by atoms with Crippen molar-refractivity contribution in [1.29, 1.82) is 0 Å². The Bertz CT molecular complexity index is 1310. The molecule has 1 aliphatic rings. The predicted octanol–water partition coefficient (Wildman–Crippen LogP) is 4.31. The molecule has 0 aromatic heterocycles. The molecule has 0 saturated carbocycles. The number of anilines is 1. The quantitative estimate of drug-likeness (QED) is 0.264. The molecule has 0 aliphatic carbocycles. The number of allylic oxidation sites excluding steroid dienone is 1. The molecule has 4 rings (SSSR count). The third kappa shape index (κ3) is 4.68. The molecule has 2 amide bonds. The summed E-state index contributed by atoms with van der Waals surface area (Å²) in [5.74, 6) is -3.58. The largest absolute Gasteiger partial charge is 0.457 e. The van der Waals surface area contributed by atoms with E-state index in [1.54, 1.807) is 36.4 Å². The molecular weight excluding hydrogens is 450 g/mol. The molecule has 9 heteroatoms. The van der Waals surface area contributed by atoms with E-state index >= 15 is 0 Å². The lowest BCUT2D eigenvalue weighted by molar-refractivity contribution is -0.122. The van der Waals surface area contributed by atoms with Gasteiger partial charge in [-0.25, -0.2) is 8.78 Å². The van der Waals surface area contributed by atoms with Crippen molar-refractivity contribution in [2.75, 3.05) is 4.90 Å². The standard InChI is InChI=1S/C24H14F2N2O4S/c25-14-6-11-18(20(26)12-14)21(29)13-19-22(30)27-24(33)28(23(19)31)15-7-9-17(10-8-15)32-16-4-2-1-3-5-16/h1-13H,(H,27,30,33)/b19-13-. The molecule has 0 unspecified atom stereocenters. The van der Waals surface area contributed by atoms with Crippen LogP contribution in [0.25, 0.3) is 0 Å². The van der Waals surface area contributed by atoms with Crippen LogP contribution in [-0.4, -0.2) is 22.7 Å². The molecule has 0 radical (unpaired) electrons. The number of hydrogen-bond acceptors (Lipinski definition) is 5. The highest BCUT2D eigenvalue weighted by Crippen LogP contribution is 2.26. The first-order valence-electron chi connectivity index (χ1n) is 9.57. The molecule has 6 nitrogen and oxygen atoms in total. The number of carbonyl (C=O) groups excluding carboxylic acids is 3. The molecule has 0 spiro atoms. The Balaban J connectivity index is 1.59. The van der Waals surface area contributed by atoms with Gasteiger partial charge in [0, 0.05) is 12.1 Å². The SMILES string of the molecule is O=C1NC(=S)N(c2ccc(Oc3ccccc3)cc2)C(=O)/C1=C\C(=O)c1ccc(F)cc1F. The van der Waals surface area contributed by atoms with Gasteiger partial charge >= 0.3 is 0 Å². The Morgan fingerprint density at radius 3 is 2.27 bits per heavy atom. The molecule has 33 heavy (non-hydrogen) atoms.